The summed E-state index contributed by atoms with van der Waals surface area (Å²) >= 11 is 0. The number of nitrogens with zero attached hydrogens (tertiary/aromatic N) is 1. The largest absolute Gasteiger partial charge is 0.495 e. The summed E-state index contributed by atoms with van der Waals surface area (Å²) in [4.78, 5) is 10.2. The lowest BCUT2D eigenvalue weighted by Crippen LogP contribution is -2.43. The van der Waals surface area contributed by atoms with Gasteiger partial charge in [0.2, 0.25) is 10.0 Å². The molecule has 1 aliphatic carbocycles. The molecule has 0 heterocycles. The first-order valence-electron chi connectivity index (χ1n) is 7.61. The van der Waals surface area contributed by atoms with Gasteiger partial charge in [-0.1, -0.05) is 26.7 Å². The van der Waals surface area contributed by atoms with Gasteiger partial charge in [0.1, 0.15) is 10.6 Å². The van der Waals surface area contributed by atoms with Crippen LogP contribution in [0.15, 0.2) is 23.1 Å². The average molecular weight is 342 g/mol. The van der Waals surface area contributed by atoms with E-state index in [1.54, 1.807) is 0 Å². The number of benzene rings is 1. The molecule has 1 fully saturated rings. The maximum atomic E-state index is 12.7. The van der Waals surface area contributed by atoms with Gasteiger partial charge in [0.05, 0.1) is 18.1 Å². The molecule has 0 unspecified atom stereocenters. The highest BCUT2D eigenvalue weighted by molar-refractivity contribution is 7.89. The van der Waals surface area contributed by atoms with Crippen molar-refractivity contribution in [3.63, 3.8) is 0 Å². The van der Waals surface area contributed by atoms with Crippen molar-refractivity contribution in [3.05, 3.63) is 28.3 Å². The zero-order chi connectivity index (χ0) is 17.2. The molecule has 3 atom stereocenters. The lowest BCUT2D eigenvalue weighted by molar-refractivity contribution is -0.385. The predicted octanol–water partition coefficient (Wildman–Crippen LogP) is 2.71. The highest BCUT2D eigenvalue weighted by atomic mass is 32.2. The van der Waals surface area contributed by atoms with Gasteiger partial charge in [-0.3, -0.25) is 10.1 Å². The van der Waals surface area contributed by atoms with Crippen LogP contribution in [0.1, 0.15) is 33.1 Å². The molecular weight excluding hydrogens is 320 g/mol. The summed E-state index contributed by atoms with van der Waals surface area (Å²) in [5.41, 5.74) is -0.208. The summed E-state index contributed by atoms with van der Waals surface area (Å²) < 4.78 is 33.1. The number of nitro groups is 1. The van der Waals surface area contributed by atoms with E-state index in [-0.39, 0.29) is 28.3 Å². The second-order valence-electron chi connectivity index (χ2n) is 6.09. The molecule has 0 spiro atoms. The molecule has 128 valence electrons. The van der Waals surface area contributed by atoms with E-state index in [1.165, 1.54) is 19.2 Å². The first-order valence-corrected chi connectivity index (χ1v) is 9.09. The Morgan fingerprint density at radius 1 is 1.30 bits per heavy atom. The summed E-state index contributed by atoms with van der Waals surface area (Å²) in [6.45, 7) is 4.17. The summed E-state index contributed by atoms with van der Waals surface area (Å²) in [6.07, 6.45) is 2.87. The fourth-order valence-electron chi connectivity index (χ4n) is 3.00. The number of hydrogen-bond acceptors (Lipinski definition) is 5. The van der Waals surface area contributed by atoms with E-state index in [2.05, 4.69) is 11.6 Å². The fourth-order valence-corrected chi connectivity index (χ4v) is 4.52. The Kier molecular flexibility index (Phi) is 5.26. The van der Waals surface area contributed by atoms with Gasteiger partial charge in [-0.2, -0.15) is 0 Å². The van der Waals surface area contributed by atoms with E-state index in [0.29, 0.717) is 5.92 Å². The monoisotopic (exact) mass is 342 g/mol. The van der Waals surface area contributed by atoms with E-state index in [1.807, 2.05) is 6.92 Å². The van der Waals surface area contributed by atoms with Crippen molar-refractivity contribution in [1.29, 1.82) is 0 Å². The molecule has 1 N–H and O–H groups in total. The fraction of sp³-hybridized carbons (Fsp3) is 0.600. The van der Waals surface area contributed by atoms with Crippen molar-refractivity contribution in [2.75, 3.05) is 7.11 Å². The van der Waals surface area contributed by atoms with Gasteiger partial charge in [0, 0.05) is 12.1 Å². The molecule has 0 aromatic heterocycles. The number of nitrogens with one attached hydrogen (secondary N) is 1. The number of ether oxygens (including phenoxy) is 1. The Hall–Kier alpha value is -1.67. The minimum atomic E-state index is -3.80. The van der Waals surface area contributed by atoms with Crippen molar-refractivity contribution in [2.24, 2.45) is 11.8 Å². The summed E-state index contributed by atoms with van der Waals surface area (Å²) in [5, 5.41) is 10.8. The van der Waals surface area contributed by atoms with Crippen LogP contribution in [0.25, 0.3) is 0 Å². The standard InChI is InChI=1S/C15H22N2O5S/c1-10-5-4-6-13(11(10)2)16-23(20,21)15-8-7-12(17(18)19)9-14(15)22-3/h7-11,13,16H,4-6H2,1-3H3/t10-,11-,13+/m0/s1. The maximum absolute atomic E-state index is 12.7. The first kappa shape index (κ1) is 17.7. The molecule has 0 radical (unpaired) electrons. The van der Waals surface area contributed by atoms with Crippen LogP contribution in [0.3, 0.4) is 0 Å². The molecular formula is C15H22N2O5S. The molecule has 23 heavy (non-hydrogen) atoms. The summed E-state index contributed by atoms with van der Waals surface area (Å²) in [5.74, 6) is 0.668. The van der Waals surface area contributed by atoms with Crippen molar-refractivity contribution in [3.8, 4) is 5.75 Å². The van der Waals surface area contributed by atoms with Crippen LogP contribution in [0.4, 0.5) is 5.69 Å². The number of non-ortho nitro benzene ring substituents is 1. The van der Waals surface area contributed by atoms with Gasteiger partial charge >= 0.3 is 0 Å². The van der Waals surface area contributed by atoms with Gasteiger partial charge in [0.25, 0.3) is 5.69 Å². The molecule has 0 bridgehead atoms. The van der Waals surface area contributed by atoms with E-state index >= 15 is 0 Å². The van der Waals surface area contributed by atoms with Crippen LogP contribution >= 0.6 is 0 Å². The quantitative estimate of drug-likeness (QED) is 0.655. The topological polar surface area (TPSA) is 98.5 Å². The number of rotatable bonds is 5. The third-order valence-electron chi connectivity index (χ3n) is 4.66. The smallest absolute Gasteiger partial charge is 0.273 e. The third kappa shape index (κ3) is 3.81. The average Bonchev–Trinajstić information content (AvgIpc) is 2.51. The second kappa shape index (κ2) is 6.84. The molecule has 1 aromatic rings. The van der Waals surface area contributed by atoms with Crippen LogP contribution in [-0.4, -0.2) is 26.5 Å². The number of methoxy groups -OCH3 is 1. The molecule has 0 amide bonds. The molecule has 0 aliphatic heterocycles. The van der Waals surface area contributed by atoms with Crippen molar-refractivity contribution in [1.82, 2.24) is 4.72 Å². The van der Waals surface area contributed by atoms with Crippen LogP contribution in [0.2, 0.25) is 0 Å². The number of sulfonamides is 1. The van der Waals surface area contributed by atoms with Gasteiger partial charge in [-0.25, -0.2) is 13.1 Å². The molecule has 1 aliphatic rings. The van der Waals surface area contributed by atoms with Crippen LogP contribution in [-0.2, 0) is 10.0 Å². The molecule has 1 saturated carbocycles. The molecule has 0 saturated heterocycles. The van der Waals surface area contributed by atoms with Crippen LogP contribution < -0.4 is 9.46 Å². The lowest BCUT2D eigenvalue weighted by atomic mass is 9.78. The Morgan fingerprint density at radius 3 is 2.61 bits per heavy atom. The predicted molar refractivity (Wildman–Crippen MR) is 85.9 cm³/mol. The lowest BCUT2D eigenvalue weighted by Gasteiger charge is -2.34. The minimum Gasteiger partial charge on any atom is -0.495 e. The molecule has 7 nitrogen and oxygen atoms in total. The zero-order valence-corrected chi connectivity index (χ0v) is 14.3. The van der Waals surface area contributed by atoms with Gasteiger partial charge in [0.15, 0.2) is 0 Å². The van der Waals surface area contributed by atoms with Crippen molar-refractivity contribution in [2.45, 2.75) is 44.0 Å². The minimum absolute atomic E-state index is 0.0248. The number of hydrogen-bond donors (Lipinski definition) is 1. The molecule has 8 heteroatoms. The van der Waals surface area contributed by atoms with Gasteiger partial charge < -0.3 is 4.74 Å². The van der Waals surface area contributed by atoms with E-state index in [9.17, 15) is 18.5 Å². The maximum Gasteiger partial charge on any atom is 0.273 e. The normalized spacial score (nSPS) is 25.1. The molecule has 2 rings (SSSR count). The van der Waals surface area contributed by atoms with E-state index in [0.717, 1.165) is 25.3 Å². The number of nitro benzene ring substituents is 1. The highest BCUT2D eigenvalue weighted by Gasteiger charge is 2.32. The zero-order valence-electron chi connectivity index (χ0n) is 13.5. The van der Waals surface area contributed by atoms with Gasteiger partial charge in [-0.15, -0.1) is 0 Å². The second-order valence-corrected chi connectivity index (χ2v) is 7.77. The SMILES string of the molecule is COc1cc([N+](=O)[O-])ccc1S(=O)(=O)N[C@@H]1CCC[C@H](C)[C@@H]1C. The van der Waals surface area contributed by atoms with E-state index in [4.69, 9.17) is 4.74 Å². The van der Waals surface area contributed by atoms with Crippen LogP contribution in [0, 0.1) is 22.0 Å². The Morgan fingerprint density at radius 2 is 2.00 bits per heavy atom. The summed E-state index contributed by atoms with van der Waals surface area (Å²) in [6, 6.07) is 3.38. The third-order valence-corrected chi connectivity index (χ3v) is 6.19. The Balaban J connectivity index is 2.30. The van der Waals surface area contributed by atoms with Crippen molar-refractivity contribution < 1.29 is 18.1 Å². The Labute approximate surface area is 136 Å². The van der Waals surface area contributed by atoms with Crippen LogP contribution in [0.5, 0.6) is 5.75 Å². The first-order chi connectivity index (χ1) is 10.8. The Bertz CT molecular complexity index is 689. The molecule has 1 aromatic carbocycles. The van der Waals surface area contributed by atoms with Gasteiger partial charge in [-0.05, 0) is 24.3 Å². The highest BCUT2D eigenvalue weighted by Crippen LogP contribution is 2.32. The van der Waals surface area contributed by atoms with Crippen molar-refractivity contribution >= 4 is 15.7 Å². The van der Waals surface area contributed by atoms with E-state index < -0.39 is 14.9 Å². The summed E-state index contributed by atoms with van der Waals surface area (Å²) in [7, 11) is -2.50.